The molecule has 0 aliphatic carbocycles. The minimum absolute atomic E-state index is 0.108. The first kappa shape index (κ1) is 13.2. The summed E-state index contributed by atoms with van der Waals surface area (Å²) in [6.45, 7) is 2.26. The number of amides is 1. The molecular weight excluding hydrogens is 252 g/mol. The Hall–Kier alpha value is -1.26. The van der Waals surface area contributed by atoms with Gasteiger partial charge in [-0.25, -0.2) is 0 Å². The summed E-state index contributed by atoms with van der Waals surface area (Å²) < 4.78 is 5.28. The van der Waals surface area contributed by atoms with Crippen LogP contribution in [0.4, 0.5) is 5.69 Å². The number of rotatable bonds is 3. The van der Waals surface area contributed by atoms with Crippen LogP contribution < -0.4 is 11.1 Å². The highest BCUT2D eigenvalue weighted by Gasteiger charge is 2.15. The van der Waals surface area contributed by atoms with Gasteiger partial charge in [0.05, 0.1) is 10.7 Å². The fourth-order valence-electron chi connectivity index (χ4n) is 1.96. The van der Waals surface area contributed by atoms with Crippen LogP contribution in [0.3, 0.4) is 0 Å². The third kappa shape index (κ3) is 3.37. The van der Waals surface area contributed by atoms with Crippen LogP contribution in [0.2, 0.25) is 5.02 Å². The van der Waals surface area contributed by atoms with Gasteiger partial charge in [-0.1, -0.05) is 11.6 Å². The lowest BCUT2D eigenvalue weighted by molar-refractivity contribution is 0.0642. The van der Waals surface area contributed by atoms with Crippen molar-refractivity contribution in [2.75, 3.05) is 25.5 Å². The molecule has 3 N–H and O–H groups in total. The lowest BCUT2D eigenvalue weighted by Crippen LogP contribution is -2.32. The van der Waals surface area contributed by atoms with E-state index in [-0.39, 0.29) is 5.91 Å². The quantitative estimate of drug-likeness (QED) is 0.825. The molecular formula is C13H17ClN2O2. The smallest absolute Gasteiger partial charge is 0.251 e. The SMILES string of the molecule is Nc1ccc(C(=O)NCC2CCOCC2)cc1Cl. The van der Waals surface area contributed by atoms with Crippen LogP contribution in [-0.2, 0) is 4.74 Å². The fourth-order valence-corrected chi connectivity index (χ4v) is 2.14. The summed E-state index contributed by atoms with van der Waals surface area (Å²) >= 11 is 5.89. The van der Waals surface area contributed by atoms with E-state index in [0.717, 1.165) is 26.1 Å². The Labute approximate surface area is 111 Å². The van der Waals surface area contributed by atoms with Crippen LogP contribution in [0.5, 0.6) is 0 Å². The van der Waals surface area contributed by atoms with Crippen molar-refractivity contribution < 1.29 is 9.53 Å². The standard InChI is InChI=1S/C13H17ClN2O2/c14-11-7-10(1-2-12(11)15)13(17)16-8-9-3-5-18-6-4-9/h1-2,7,9H,3-6,8,15H2,(H,16,17). The number of hydrogen-bond acceptors (Lipinski definition) is 3. The lowest BCUT2D eigenvalue weighted by Gasteiger charge is -2.22. The maximum Gasteiger partial charge on any atom is 0.251 e. The molecule has 5 heteroatoms. The minimum Gasteiger partial charge on any atom is -0.398 e. The summed E-state index contributed by atoms with van der Waals surface area (Å²) in [5.41, 5.74) is 6.63. The largest absolute Gasteiger partial charge is 0.398 e. The number of carbonyl (C=O) groups excluding carboxylic acids is 1. The van der Waals surface area contributed by atoms with Gasteiger partial charge in [-0.15, -0.1) is 0 Å². The Morgan fingerprint density at radius 2 is 2.17 bits per heavy atom. The Kier molecular flexibility index (Phi) is 4.44. The van der Waals surface area contributed by atoms with Crippen molar-refractivity contribution in [3.63, 3.8) is 0 Å². The zero-order valence-corrected chi connectivity index (χ0v) is 10.9. The third-order valence-electron chi connectivity index (χ3n) is 3.15. The van der Waals surface area contributed by atoms with Crippen LogP contribution in [0.1, 0.15) is 23.2 Å². The molecule has 1 saturated heterocycles. The van der Waals surface area contributed by atoms with Gasteiger partial charge >= 0.3 is 0 Å². The van der Waals surface area contributed by atoms with Crippen molar-refractivity contribution >= 4 is 23.2 Å². The zero-order chi connectivity index (χ0) is 13.0. The van der Waals surface area contributed by atoms with Gasteiger partial charge in [0.25, 0.3) is 5.91 Å². The summed E-state index contributed by atoms with van der Waals surface area (Å²) in [6, 6.07) is 4.92. The molecule has 1 aliphatic rings. The summed E-state index contributed by atoms with van der Waals surface area (Å²) in [4.78, 5) is 11.9. The van der Waals surface area contributed by atoms with Crippen molar-refractivity contribution in [2.24, 2.45) is 5.92 Å². The highest BCUT2D eigenvalue weighted by Crippen LogP contribution is 2.20. The molecule has 0 saturated carbocycles. The first-order valence-corrected chi connectivity index (χ1v) is 6.45. The van der Waals surface area contributed by atoms with E-state index < -0.39 is 0 Å². The van der Waals surface area contributed by atoms with Gasteiger partial charge < -0.3 is 15.8 Å². The number of hydrogen-bond donors (Lipinski definition) is 2. The zero-order valence-electron chi connectivity index (χ0n) is 10.1. The topological polar surface area (TPSA) is 64.4 Å². The maximum absolute atomic E-state index is 11.9. The second-order valence-corrected chi connectivity index (χ2v) is 4.91. The van der Waals surface area contributed by atoms with Crippen LogP contribution in [0.15, 0.2) is 18.2 Å². The molecule has 1 heterocycles. The molecule has 1 fully saturated rings. The Morgan fingerprint density at radius 1 is 1.44 bits per heavy atom. The predicted octanol–water partition coefficient (Wildman–Crippen LogP) is 2.08. The Bertz CT molecular complexity index is 431. The van der Waals surface area contributed by atoms with Crippen molar-refractivity contribution in [3.05, 3.63) is 28.8 Å². The summed E-state index contributed by atoms with van der Waals surface area (Å²) in [5.74, 6) is 0.398. The van der Waals surface area contributed by atoms with E-state index in [1.54, 1.807) is 18.2 Å². The number of nitrogen functional groups attached to an aromatic ring is 1. The molecule has 1 aliphatic heterocycles. The van der Waals surface area contributed by atoms with Crippen molar-refractivity contribution in [2.45, 2.75) is 12.8 Å². The third-order valence-corrected chi connectivity index (χ3v) is 3.48. The summed E-state index contributed by atoms with van der Waals surface area (Å²) in [7, 11) is 0. The molecule has 4 nitrogen and oxygen atoms in total. The fraction of sp³-hybridized carbons (Fsp3) is 0.462. The van der Waals surface area contributed by atoms with E-state index in [2.05, 4.69) is 5.32 Å². The number of nitrogens with one attached hydrogen (secondary N) is 1. The molecule has 2 rings (SSSR count). The highest BCUT2D eigenvalue weighted by atomic mass is 35.5. The number of benzene rings is 1. The summed E-state index contributed by atoms with van der Waals surface area (Å²) in [5, 5.41) is 3.33. The second-order valence-electron chi connectivity index (χ2n) is 4.50. The van der Waals surface area contributed by atoms with Crippen LogP contribution >= 0.6 is 11.6 Å². The normalized spacial score (nSPS) is 16.5. The highest BCUT2D eigenvalue weighted by molar-refractivity contribution is 6.33. The minimum atomic E-state index is -0.108. The molecule has 98 valence electrons. The van der Waals surface area contributed by atoms with Crippen molar-refractivity contribution in [1.82, 2.24) is 5.32 Å². The number of ether oxygens (including phenoxy) is 1. The Balaban J connectivity index is 1.88. The van der Waals surface area contributed by atoms with Gasteiger partial charge in [-0.2, -0.15) is 0 Å². The van der Waals surface area contributed by atoms with Gasteiger partial charge in [0.15, 0.2) is 0 Å². The first-order chi connectivity index (χ1) is 8.66. The molecule has 1 amide bonds. The number of carbonyl (C=O) groups is 1. The Morgan fingerprint density at radius 3 is 2.83 bits per heavy atom. The number of nitrogens with two attached hydrogens (primary N) is 1. The van der Waals surface area contributed by atoms with E-state index in [9.17, 15) is 4.79 Å². The molecule has 0 atom stereocenters. The van der Waals surface area contributed by atoms with Gasteiger partial charge in [-0.05, 0) is 37.0 Å². The molecule has 0 radical (unpaired) electrons. The maximum atomic E-state index is 11.9. The van der Waals surface area contributed by atoms with E-state index in [0.29, 0.717) is 28.7 Å². The molecule has 0 bridgehead atoms. The van der Waals surface area contributed by atoms with Gasteiger partial charge in [0, 0.05) is 25.3 Å². The molecule has 1 aromatic rings. The molecule has 0 spiro atoms. The predicted molar refractivity (Wildman–Crippen MR) is 71.7 cm³/mol. The van der Waals surface area contributed by atoms with E-state index in [1.165, 1.54) is 0 Å². The van der Waals surface area contributed by atoms with E-state index in [4.69, 9.17) is 22.1 Å². The number of anilines is 1. The molecule has 1 aromatic carbocycles. The van der Waals surface area contributed by atoms with Crippen LogP contribution in [-0.4, -0.2) is 25.7 Å². The van der Waals surface area contributed by atoms with Crippen LogP contribution in [0.25, 0.3) is 0 Å². The molecule has 0 unspecified atom stereocenters. The second kappa shape index (κ2) is 6.07. The van der Waals surface area contributed by atoms with Crippen molar-refractivity contribution in [1.29, 1.82) is 0 Å². The first-order valence-electron chi connectivity index (χ1n) is 6.08. The van der Waals surface area contributed by atoms with E-state index in [1.807, 2.05) is 0 Å². The van der Waals surface area contributed by atoms with Crippen LogP contribution in [0, 0.1) is 5.92 Å². The summed E-state index contributed by atoms with van der Waals surface area (Å²) in [6.07, 6.45) is 2.01. The molecule has 18 heavy (non-hydrogen) atoms. The average molecular weight is 269 g/mol. The van der Waals surface area contributed by atoms with Gasteiger partial charge in [0.2, 0.25) is 0 Å². The number of halogens is 1. The van der Waals surface area contributed by atoms with Crippen molar-refractivity contribution in [3.8, 4) is 0 Å². The average Bonchev–Trinajstić information content (AvgIpc) is 2.40. The van der Waals surface area contributed by atoms with E-state index >= 15 is 0 Å². The lowest BCUT2D eigenvalue weighted by atomic mass is 10.0. The van der Waals surface area contributed by atoms with Gasteiger partial charge in [0.1, 0.15) is 0 Å². The molecule has 0 aromatic heterocycles. The monoisotopic (exact) mass is 268 g/mol. The van der Waals surface area contributed by atoms with Gasteiger partial charge in [-0.3, -0.25) is 4.79 Å².